The third-order valence-corrected chi connectivity index (χ3v) is 6.32. The largest absolute Gasteiger partial charge is 0.488 e. The van der Waals surface area contributed by atoms with Gasteiger partial charge in [-0.15, -0.1) is 0 Å². The second kappa shape index (κ2) is 9.93. The summed E-state index contributed by atoms with van der Waals surface area (Å²) in [6, 6.07) is 10.5. The number of ether oxygens (including phenoxy) is 1. The van der Waals surface area contributed by atoms with Crippen LogP contribution in [-0.4, -0.2) is 47.0 Å². The lowest BCUT2D eigenvalue weighted by molar-refractivity contribution is 0.0616. The zero-order valence-electron chi connectivity index (χ0n) is 19.0. The van der Waals surface area contributed by atoms with E-state index in [4.69, 9.17) is 20.9 Å². The minimum atomic E-state index is -0.348. The van der Waals surface area contributed by atoms with Gasteiger partial charge in [0, 0.05) is 37.7 Å². The Morgan fingerprint density at radius 3 is 2.61 bits per heavy atom. The van der Waals surface area contributed by atoms with Crippen LogP contribution >= 0.6 is 11.6 Å². The van der Waals surface area contributed by atoms with Crippen molar-refractivity contribution < 1.29 is 18.4 Å². The van der Waals surface area contributed by atoms with Crippen LogP contribution in [0.1, 0.15) is 38.5 Å². The summed E-state index contributed by atoms with van der Waals surface area (Å²) in [4.78, 5) is 17.2. The average Bonchev–Trinajstić information content (AvgIpc) is 3.16. The van der Waals surface area contributed by atoms with Gasteiger partial charge in [0.05, 0.1) is 5.56 Å². The standard InChI is InChI=1S/C25H27ClFN3O3/c1-16-4-5-17(2)23(12-16)32-15-21-18(3)33-28-24(21)25(31)30-10-8-29(9-11-30)14-19-6-7-20(27)13-22(19)26/h4-7,12-13H,8-11,14-15H2,1-3H3. The Labute approximate surface area is 197 Å². The summed E-state index contributed by atoms with van der Waals surface area (Å²) in [7, 11) is 0. The Hall–Kier alpha value is -2.90. The highest BCUT2D eigenvalue weighted by molar-refractivity contribution is 6.31. The number of amides is 1. The zero-order chi connectivity index (χ0) is 23.5. The molecule has 0 N–H and O–H groups in total. The fourth-order valence-corrected chi connectivity index (χ4v) is 4.12. The first-order chi connectivity index (χ1) is 15.8. The van der Waals surface area contributed by atoms with Crippen molar-refractivity contribution in [3.05, 3.63) is 80.9 Å². The molecule has 174 valence electrons. The number of carbonyl (C=O) groups is 1. The number of carbonyl (C=O) groups excluding carboxylic acids is 1. The fraction of sp³-hybridized carbons (Fsp3) is 0.360. The van der Waals surface area contributed by atoms with Crippen molar-refractivity contribution >= 4 is 17.5 Å². The molecule has 1 amide bonds. The fourth-order valence-electron chi connectivity index (χ4n) is 3.89. The predicted molar refractivity (Wildman–Crippen MR) is 124 cm³/mol. The topological polar surface area (TPSA) is 58.8 Å². The van der Waals surface area contributed by atoms with E-state index in [0.717, 1.165) is 22.4 Å². The van der Waals surface area contributed by atoms with E-state index in [-0.39, 0.29) is 18.3 Å². The van der Waals surface area contributed by atoms with Crippen LogP contribution in [0.5, 0.6) is 5.75 Å². The molecule has 0 saturated carbocycles. The first-order valence-corrected chi connectivity index (χ1v) is 11.3. The Kier molecular flexibility index (Phi) is 7.00. The van der Waals surface area contributed by atoms with Crippen LogP contribution in [-0.2, 0) is 13.2 Å². The maximum Gasteiger partial charge on any atom is 0.276 e. The number of aromatic nitrogens is 1. The second-order valence-corrected chi connectivity index (χ2v) is 8.83. The quantitative estimate of drug-likeness (QED) is 0.510. The van der Waals surface area contributed by atoms with Gasteiger partial charge in [0.15, 0.2) is 5.69 Å². The van der Waals surface area contributed by atoms with Crippen LogP contribution < -0.4 is 4.74 Å². The summed E-state index contributed by atoms with van der Waals surface area (Å²) in [6.45, 7) is 9.09. The first-order valence-electron chi connectivity index (χ1n) is 10.9. The second-order valence-electron chi connectivity index (χ2n) is 8.43. The Morgan fingerprint density at radius 2 is 1.88 bits per heavy atom. The molecular weight excluding hydrogens is 445 g/mol. The lowest BCUT2D eigenvalue weighted by atomic mass is 10.1. The van der Waals surface area contributed by atoms with Crippen molar-refractivity contribution in [3.63, 3.8) is 0 Å². The molecule has 6 nitrogen and oxygen atoms in total. The van der Waals surface area contributed by atoms with E-state index in [1.807, 2.05) is 32.0 Å². The molecule has 33 heavy (non-hydrogen) atoms. The van der Waals surface area contributed by atoms with Crippen LogP contribution in [0.4, 0.5) is 4.39 Å². The van der Waals surface area contributed by atoms with Gasteiger partial charge < -0.3 is 14.2 Å². The molecule has 0 unspecified atom stereocenters. The number of nitrogens with zero attached hydrogens (tertiary/aromatic N) is 3. The number of benzene rings is 2. The number of rotatable bonds is 6. The van der Waals surface area contributed by atoms with Crippen molar-refractivity contribution in [3.8, 4) is 5.75 Å². The molecule has 8 heteroatoms. The van der Waals surface area contributed by atoms with E-state index in [1.165, 1.54) is 12.1 Å². The predicted octanol–water partition coefficient (Wildman–Crippen LogP) is 4.93. The van der Waals surface area contributed by atoms with E-state index >= 15 is 0 Å². The number of aryl methyl sites for hydroxylation is 3. The summed E-state index contributed by atoms with van der Waals surface area (Å²) in [6.07, 6.45) is 0. The molecule has 1 aliphatic rings. The van der Waals surface area contributed by atoms with Gasteiger partial charge in [-0.25, -0.2) is 4.39 Å². The summed E-state index contributed by atoms with van der Waals surface area (Å²) in [5.41, 5.74) is 3.97. The molecule has 4 rings (SSSR count). The monoisotopic (exact) mass is 471 g/mol. The number of hydrogen-bond acceptors (Lipinski definition) is 5. The van der Waals surface area contributed by atoms with Gasteiger partial charge in [-0.1, -0.05) is 35.0 Å². The van der Waals surface area contributed by atoms with E-state index < -0.39 is 0 Å². The third kappa shape index (κ3) is 5.37. The molecule has 1 saturated heterocycles. The first kappa shape index (κ1) is 23.3. The normalized spacial score (nSPS) is 14.5. The van der Waals surface area contributed by atoms with Crippen LogP contribution in [0, 0.1) is 26.6 Å². The molecule has 0 radical (unpaired) electrons. The lowest BCUT2D eigenvalue weighted by Crippen LogP contribution is -2.48. The van der Waals surface area contributed by atoms with Gasteiger partial charge in [0.2, 0.25) is 0 Å². The van der Waals surface area contributed by atoms with Crippen LogP contribution in [0.25, 0.3) is 0 Å². The molecular formula is C25H27ClFN3O3. The van der Waals surface area contributed by atoms with Crippen LogP contribution in [0.3, 0.4) is 0 Å². The Morgan fingerprint density at radius 1 is 1.12 bits per heavy atom. The van der Waals surface area contributed by atoms with Gasteiger partial charge >= 0.3 is 0 Å². The molecule has 0 bridgehead atoms. The molecule has 0 aliphatic carbocycles. The third-order valence-electron chi connectivity index (χ3n) is 5.97. The molecule has 1 aliphatic heterocycles. The number of piperazine rings is 1. The van der Waals surface area contributed by atoms with Crippen molar-refractivity contribution in [1.29, 1.82) is 0 Å². The van der Waals surface area contributed by atoms with Crippen LogP contribution in [0.15, 0.2) is 40.9 Å². The van der Waals surface area contributed by atoms with E-state index in [2.05, 4.69) is 10.1 Å². The molecule has 0 atom stereocenters. The maximum atomic E-state index is 13.3. The van der Waals surface area contributed by atoms with Gasteiger partial charge in [0.1, 0.15) is 23.9 Å². The van der Waals surface area contributed by atoms with Crippen molar-refractivity contribution in [2.45, 2.75) is 33.9 Å². The minimum Gasteiger partial charge on any atom is -0.488 e. The maximum absolute atomic E-state index is 13.3. The number of hydrogen-bond donors (Lipinski definition) is 0. The summed E-state index contributed by atoms with van der Waals surface area (Å²) < 4.78 is 24.6. The van der Waals surface area contributed by atoms with Gasteiger partial charge in [0.25, 0.3) is 5.91 Å². The van der Waals surface area contributed by atoms with E-state index in [0.29, 0.717) is 54.8 Å². The van der Waals surface area contributed by atoms with Crippen LogP contribution in [0.2, 0.25) is 5.02 Å². The summed E-state index contributed by atoms with van der Waals surface area (Å²) in [5.74, 6) is 0.848. The molecule has 1 aromatic heterocycles. The lowest BCUT2D eigenvalue weighted by Gasteiger charge is -2.34. The van der Waals surface area contributed by atoms with Gasteiger partial charge in [-0.2, -0.15) is 0 Å². The van der Waals surface area contributed by atoms with Crippen molar-refractivity contribution in [1.82, 2.24) is 15.0 Å². The SMILES string of the molecule is Cc1ccc(C)c(OCc2c(C(=O)N3CCN(Cc4ccc(F)cc4Cl)CC3)noc2C)c1. The highest BCUT2D eigenvalue weighted by Gasteiger charge is 2.28. The molecule has 3 aromatic rings. The molecule has 0 spiro atoms. The van der Waals surface area contributed by atoms with Gasteiger partial charge in [-0.05, 0) is 55.7 Å². The molecule has 2 heterocycles. The highest BCUT2D eigenvalue weighted by atomic mass is 35.5. The highest BCUT2D eigenvalue weighted by Crippen LogP contribution is 2.24. The van der Waals surface area contributed by atoms with Crippen molar-refractivity contribution in [2.24, 2.45) is 0 Å². The Bertz CT molecular complexity index is 1160. The summed E-state index contributed by atoms with van der Waals surface area (Å²) >= 11 is 6.16. The average molecular weight is 472 g/mol. The van der Waals surface area contributed by atoms with E-state index in [1.54, 1.807) is 17.9 Å². The van der Waals surface area contributed by atoms with Crippen molar-refractivity contribution in [2.75, 3.05) is 26.2 Å². The summed E-state index contributed by atoms with van der Waals surface area (Å²) in [5, 5.41) is 4.45. The molecule has 2 aromatic carbocycles. The number of halogens is 2. The van der Waals surface area contributed by atoms with E-state index in [9.17, 15) is 9.18 Å². The van der Waals surface area contributed by atoms with Gasteiger partial charge in [-0.3, -0.25) is 9.69 Å². The Balaban J connectivity index is 1.38. The molecule has 1 fully saturated rings. The zero-order valence-corrected chi connectivity index (χ0v) is 19.8. The minimum absolute atomic E-state index is 0.161. The smallest absolute Gasteiger partial charge is 0.276 e.